The second-order valence-corrected chi connectivity index (χ2v) is 13.4. The van der Waals surface area contributed by atoms with Gasteiger partial charge in [-0.1, -0.05) is 132 Å². The maximum Gasteiger partial charge on any atom is 0.469 e. The predicted octanol–water partition coefficient (Wildman–Crippen LogP) is 11.0. The summed E-state index contributed by atoms with van der Waals surface area (Å²) in [6.07, 6.45) is 42.3. The zero-order chi connectivity index (χ0) is 35.4. The molecule has 1 atom stereocenters. The molecule has 0 radical (unpaired) electrons. The molecular formula is C39H67O8P. The van der Waals surface area contributed by atoms with E-state index in [1.165, 1.54) is 57.8 Å². The summed E-state index contributed by atoms with van der Waals surface area (Å²) >= 11 is 0. The average Bonchev–Trinajstić information content (AvgIpc) is 3.05. The van der Waals surface area contributed by atoms with Gasteiger partial charge < -0.3 is 19.3 Å². The lowest BCUT2D eigenvalue weighted by Gasteiger charge is -2.18. The zero-order valence-electron chi connectivity index (χ0n) is 30.1. The Balaban J connectivity index is 4.05. The molecule has 0 rings (SSSR count). The number of rotatable bonds is 33. The van der Waals surface area contributed by atoms with Crippen molar-refractivity contribution in [3.05, 3.63) is 60.8 Å². The van der Waals surface area contributed by atoms with Gasteiger partial charge in [-0.3, -0.25) is 14.1 Å². The molecule has 8 nitrogen and oxygen atoms in total. The Morgan fingerprint density at radius 2 is 1.00 bits per heavy atom. The molecule has 2 N–H and O–H groups in total. The smallest absolute Gasteiger partial charge is 0.462 e. The number of phosphoric acid groups is 1. The van der Waals surface area contributed by atoms with Crippen molar-refractivity contribution in [2.75, 3.05) is 13.2 Å². The van der Waals surface area contributed by atoms with Crippen LogP contribution in [0.3, 0.4) is 0 Å². The molecule has 276 valence electrons. The SMILES string of the molecule is CC/C=C/C/C=C/C/C=C/C/C=C/CCCCC(=O)OC[C@H](COP(=O)(O)O)OC(=O)CCCCCCCCCCC/C=C/CCCC. The van der Waals surface area contributed by atoms with Gasteiger partial charge in [-0.2, -0.15) is 0 Å². The fraction of sp³-hybridized carbons (Fsp3) is 0.692. The van der Waals surface area contributed by atoms with E-state index >= 15 is 0 Å². The summed E-state index contributed by atoms with van der Waals surface area (Å²) < 4.78 is 26.3. The van der Waals surface area contributed by atoms with Crippen molar-refractivity contribution in [3.63, 3.8) is 0 Å². The van der Waals surface area contributed by atoms with Gasteiger partial charge in [0, 0.05) is 12.8 Å². The maximum atomic E-state index is 12.4. The highest BCUT2D eigenvalue weighted by molar-refractivity contribution is 7.46. The van der Waals surface area contributed by atoms with Crippen LogP contribution < -0.4 is 0 Å². The number of esters is 2. The summed E-state index contributed by atoms with van der Waals surface area (Å²) in [6.45, 7) is 3.48. The second-order valence-electron chi connectivity index (χ2n) is 12.2. The number of allylic oxidation sites excluding steroid dienone is 10. The Labute approximate surface area is 292 Å². The zero-order valence-corrected chi connectivity index (χ0v) is 31.0. The van der Waals surface area contributed by atoms with Crippen LogP contribution in [0.5, 0.6) is 0 Å². The summed E-state index contributed by atoms with van der Waals surface area (Å²) in [4.78, 5) is 42.7. The summed E-state index contributed by atoms with van der Waals surface area (Å²) in [5, 5.41) is 0. The van der Waals surface area contributed by atoms with Crippen LogP contribution in [-0.4, -0.2) is 41.0 Å². The molecule has 0 spiro atoms. The first-order chi connectivity index (χ1) is 23.3. The number of hydrogen-bond donors (Lipinski definition) is 2. The highest BCUT2D eigenvalue weighted by atomic mass is 31.2. The molecule has 0 unspecified atom stereocenters. The normalized spacial score (nSPS) is 13.2. The van der Waals surface area contributed by atoms with E-state index in [1.54, 1.807) is 0 Å². The minimum atomic E-state index is -4.76. The number of unbranched alkanes of at least 4 members (excludes halogenated alkanes) is 13. The molecule has 48 heavy (non-hydrogen) atoms. The maximum absolute atomic E-state index is 12.4. The molecule has 0 fully saturated rings. The number of carbonyl (C=O) groups excluding carboxylic acids is 2. The fourth-order valence-corrected chi connectivity index (χ4v) is 5.12. The van der Waals surface area contributed by atoms with Gasteiger partial charge in [0.25, 0.3) is 0 Å². The largest absolute Gasteiger partial charge is 0.469 e. The molecular weight excluding hydrogens is 627 g/mol. The molecule has 0 aromatic rings. The van der Waals surface area contributed by atoms with Crippen molar-refractivity contribution in [2.45, 2.75) is 161 Å². The van der Waals surface area contributed by atoms with Crippen LogP contribution >= 0.6 is 7.82 Å². The van der Waals surface area contributed by atoms with Crippen LogP contribution in [0.1, 0.15) is 155 Å². The molecule has 0 aliphatic heterocycles. The molecule has 0 aliphatic carbocycles. The lowest BCUT2D eigenvalue weighted by Crippen LogP contribution is -2.29. The molecule has 0 aliphatic rings. The van der Waals surface area contributed by atoms with E-state index in [0.29, 0.717) is 12.8 Å². The van der Waals surface area contributed by atoms with Gasteiger partial charge in [0.05, 0.1) is 6.61 Å². The topological polar surface area (TPSA) is 119 Å². The number of hydrogen-bond acceptors (Lipinski definition) is 6. The van der Waals surface area contributed by atoms with E-state index in [1.807, 2.05) is 0 Å². The van der Waals surface area contributed by atoms with Gasteiger partial charge in [0.15, 0.2) is 6.10 Å². The fourth-order valence-electron chi connectivity index (χ4n) is 4.75. The second kappa shape index (κ2) is 34.6. The van der Waals surface area contributed by atoms with Crippen LogP contribution in [-0.2, 0) is 28.2 Å². The standard InChI is InChI=1S/C39H67O8P/c1-3-5-7-9-11-13-15-17-19-21-23-25-27-29-31-33-38(40)45-35-37(36-46-48(42,43)44)47-39(41)34-32-30-28-26-24-22-20-18-16-14-12-10-8-6-4-2/h5,7,10-13,17,19,23,25,37H,3-4,6,8-9,14-16,18,20-22,24,26-36H2,1-2H3,(H2,42,43,44)/b7-5+,12-10+,13-11+,19-17+,25-23+/t37-/m1/s1. The van der Waals surface area contributed by atoms with Crippen molar-refractivity contribution in [3.8, 4) is 0 Å². The lowest BCUT2D eigenvalue weighted by atomic mass is 10.1. The molecule has 0 heterocycles. The Bertz CT molecular complexity index is 963. The van der Waals surface area contributed by atoms with Crippen LogP contribution in [0, 0.1) is 0 Å². The van der Waals surface area contributed by atoms with Crippen LogP contribution in [0.4, 0.5) is 0 Å². The van der Waals surface area contributed by atoms with Crippen molar-refractivity contribution in [1.82, 2.24) is 0 Å². The Morgan fingerprint density at radius 1 is 0.562 bits per heavy atom. The van der Waals surface area contributed by atoms with Crippen molar-refractivity contribution in [1.29, 1.82) is 0 Å². The van der Waals surface area contributed by atoms with Gasteiger partial charge in [-0.15, -0.1) is 0 Å². The monoisotopic (exact) mass is 694 g/mol. The number of ether oxygens (including phenoxy) is 2. The summed E-state index contributed by atoms with van der Waals surface area (Å²) in [5.74, 6) is -0.941. The van der Waals surface area contributed by atoms with E-state index in [-0.39, 0.29) is 19.4 Å². The molecule has 9 heteroatoms. The van der Waals surface area contributed by atoms with E-state index in [0.717, 1.165) is 57.8 Å². The third-order valence-corrected chi connectivity index (χ3v) is 8.01. The highest BCUT2D eigenvalue weighted by Gasteiger charge is 2.22. The minimum absolute atomic E-state index is 0.198. The summed E-state index contributed by atoms with van der Waals surface area (Å²) in [5.41, 5.74) is 0. The van der Waals surface area contributed by atoms with Crippen LogP contribution in [0.15, 0.2) is 60.8 Å². The minimum Gasteiger partial charge on any atom is -0.462 e. The van der Waals surface area contributed by atoms with Gasteiger partial charge >= 0.3 is 19.8 Å². The average molecular weight is 695 g/mol. The third-order valence-electron chi connectivity index (χ3n) is 7.52. The summed E-state index contributed by atoms with van der Waals surface area (Å²) in [7, 11) is -4.76. The Morgan fingerprint density at radius 3 is 1.56 bits per heavy atom. The first-order valence-electron chi connectivity index (χ1n) is 18.6. The quantitative estimate of drug-likeness (QED) is 0.0301. The number of carbonyl (C=O) groups is 2. The van der Waals surface area contributed by atoms with Gasteiger partial charge in [-0.05, 0) is 70.6 Å². The lowest BCUT2D eigenvalue weighted by molar-refractivity contribution is -0.161. The molecule has 0 saturated heterocycles. The van der Waals surface area contributed by atoms with E-state index < -0.39 is 32.5 Å². The third kappa shape index (κ3) is 36.6. The first kappa shape index (κ1) is 45.8. The molecule has 0 aromatic carbocycles. The Kier molecular flexibility index (Phi) is 33.0. The molecule has 0 saturated carbocycles. The molecule has 0 bridgehead atoms. The van der Waals surface area contributed by atoms with E-state index in [9.17, 15) is 14.2 Å². The van der Waals surface area contributed by atoms with Crippen molar-refractivity contribution >= 4 is 19.8 Å². The number of phosphoric ester groups is 1. The van der Waals surface area contributed by atoms with Gasteiger partial charge in [0.2, 0.25) is 0 Å². The van der Waals surface area contributed by atoms with Crippen LogP contribution in [0.25, 0.3) is 0 Å². The first-order valence-corrected chi connectivity index (χ1v) is 20.1. The summed E-state index contributed by atoms with van der Waals surface area (Å²) in [6, 6.07) is 0. The Hall–Kier alpha value is -2.25. The van der Waals surface area contributed by atoms with Crippen LogP contribution in [0.2, 0.25) is 0 Å². The van der Waals surface area contributed by atoms with Crippen molar-refractivity contribution < 1.29 is 37.9 Å². The predicted molar refractivity (Wildman–Crippen MR) is 197 cm³/mol. The van der Waals surface area contributed by atoms with Gasteiger partial charge in [-0.25, -0.2) is 4.57 Å². The molecule has 0 aromatic heterocycles. The van der Waals surface area contributed by atoms with E-state index in [2.05, 4.69) is 79.1 Å². The van der Waals surface area contributed by atoms with E-state index in [4.69, 9.17) is 19.3 Å². The van der Waals surface area contributed by atoms with Crippen molar-refractivity contribution in [2.24, 2.45) is 0 Å². The molecule has 0 amide bonds. The van der Waals surface area contributed by atoms with Gasteiger partial charge in [0.1, 0.15) is 6.61 Å². The highest BCUT2D eigenvalue weighted by Crippen LogP contribution is 2.36.